The van der Waals surface area contributed by atoms with Crippen LogP contribution < -0.4 is 5.32 Å². The van der Waals surface area contributed by atoms with Gasteiger partial charge in [0.2, 0.25) is 0 Å². The lowest BCUT2D eigenvalue weighted by molar-refractivity contribution is 0.464. The van der Waals surface area contributed by atoms with E-state index in [0.29, 0.717) is 12.3 Å². The molecule has 0 fully saturated rings. The summed E-state index contributed by atoms with van der Waals surface area (Å²) in [5.74, 6) is 0.368. The van der Waals surface area contributed by atoms with Gasteiger partial charge in [0.05, 0.1) is 0 Å². The van der Waals surface area contributed by atoms with Crippen molar-refractivity contribution in [1.82, 2.24) is 5.32 Å². The second kappa shape index (κ2) is 4.01. The van der Waals surface area contributed by atoms with Crippen LogP contribution in [0.1, 0.15) is 31.9 Å². The van der Waals surface area contributed by atoms with E-state index in [1.54, 1.807) is 6.07 Å². The summed E-state index contributed by atoms with van der Waals surface area (Å²) < 4.78 is 0. The fourth-order valence-electron chi connectivity index (χ4n) is 1.38. The van der Waals surface area contributed by atoms with Gasteiger partial charge in [0.1, 0.15) is 5.75 Å². The predicted octanol–water partition coefficient (Wildman–Crippen LogP) is 2.41. The Morgan fingerprint density at radius 2 is 1.93 bits per heavy atom. The van der Waals surface area contributed by atoms with Gasteiger partial charge in [0, 0.05) is 12.1 Å². The number of aromatic hydroxyl groups is 1. The van der Waals surface area contributed by atoms with Crippen LogP contribution in [0.5, 0.6) is 5.75 Å². The standard InChI is InChI=1S/C12H19NO/c1-12(2,3)10-5-6-11(14)9(7-10)8-13-4/h5-7,13-14H,8H2,1-4H3. The molecule has 0 amide bonds. The van der Waals surface area contributed by atoms with Gasteiger partial charge < -0.3 is 10.4 Å². The fourth-order valence-corrected chi connectivity index (χ4v) is 1.38. The van der Waals surface area contributed by atoms with Gasteiger partial charge in [-0.15, -0.1) is 0 Å². The molecule has 0 aliphatic rings. The van der Waals surface area contributed by atoms with E-state index in [2.05, 4.69) is 32.2 Å². The number of hydrogen-bond acceptors (Lipinski definition) is 2. The molecule has 0 unspecified atom stereocenters. The topological polar surface area (TPSA) is 32.3 Å². The zero-order valence-electron chi connectivity index (χ0n) is 9.39. The molecule has 0 saturated heterocycles. The number of rotatable bonds is 2. The average molecular weight is 193 g/mol. The highest BCUT2D eigenvalue weighted by molar-refractivity contribution is 5.38. The third kappa shape index (κ3) is 2.48. The van der Waals surface area contributed by atoms with Gasteiger partial charge in [-0.2, -0.15) is 0 Å². The molecule has 0 aliphatic heterocycles. The van der Waals surface area contributed by atoms with E-state index in [4.69, 9.17) is 0 Å². The molecule has 0 spiro atoms. The van der Waals surface area contributed by atoms with Crippen molar-refractivity contribution in [1.29, 1.82) is 0 Å². The third-order valence-corrected chi connectivity index (χ3v) is 2.31. The molecule has 0 saturated carbocycles. The molecule has 0 atom stereocenters. The Balaban J connectivity index is 3.06. The molecule has 1 rings (SSSR count). The largest absolute Gasteiger partial charge is 0.508 e. The minimum atomic E-state index is 0.135. The van der Waals surface area contributed by atoms with Crippen molar-refractivity contribution < 1.29 is 5.11 Å². The lowest BCUT2D eigenvalue weighted by Gasteiger charge is -2.20. The first kappa shape index (κ1) is 11.1. The number of hydrogen-bond donors (Lipinski definition) is 2. The quantitative estimate of drug-likeness (QED) is 0.756. The van der Waals surface area contributed by atoms with Crippen LogP contribution in [0.25, 0.3) is 0 Å². The Bertz CT molecular complexity index is 313. The zero-order valence-corrected chi connectivity index (χ0v) is 9.39. The summed E-state index contributed by atoms with van der Waals surface area (Å²) in [6.45, 7) is 7.21. The fraction of sp³-hybridized carbons (Fsp3) is 0.500. The number of benzene rings is 1. The molecule has 14 heavy (non-hydrogen) atoms. The van der Waals surface area contributed by atoms with Gasteiger partial charge in [-0.05, 0) is 24.1 Å². The van der Waals surface area contributed by atoms with Crippen LogP contribution in [-0.2, 0) is 12.0 Å². The molecule has 0 bridgehead atoms. The Labute approximate surface area is 86.0 Å². The highest BCUT2D eigenvalue weighted by Gasteiger charge is 2.14. The molecule has 2 N–H and O–H groups in total. The molecule has 0 radical (unpaired) electrons. The monoisotopic (exact) mass is 193 g/mol. The Hall–Kier alpha value is -1.02. The molecule has 0 aliphatic carbocycles. The molecular formula is C12H19NO. The van der Waals surface area contributed by atoms with Crippen molar-refractivity contribution in [3.05, 3.63) is 29.3 Å². The normalized spacial score (nSPS) is 11.7. The summed E-state index contributed by atoms with van der Waals surface area (Å²) in [6.07, 6.45) is 0. The minimum absolute atomic E-state index is 0.135. The summed E-state index contributed by atoms with van der Waals surface area (Å²) in [5, 5.41) is 12.6. The highest BCUT2D eigenvalue weighted by Crippen LogP contribution is 2.27. The van der Waals surface area contributed by atoms with Gasteiger partial charge in [0.25, 0.3) is 0 Å². The second-order valence-corrected chi connectivity index (χ2v) is 4.62. The van der Waals surface area contributed by atoms with Crippen LogP contribution in [0.4, 0.5) is 0 Å². The molecule has 78 valence electrons. The van der Waals surface area contributed by atoms with Crippen molar-refractivity contribution in [2.45, 2.75) is 32.7 Å². The van der Waals surface area contributed by atoms with E-state index in [9.17, 15) is 5.11 Å². The highest BCUT2D eigenvalue weighted by atomic mass is 16.3. The predicted molar refractivity (Wildman–Crippen MR) is 59.6 cm³/mol. The van der Waals surface area contributed by atoms with E-state index in [1.165, 1.54) is 5.56 Å². The first-order valence-electron chi connectivity index (χ1n) is 4.92. The Kier molecular flexibility index (Phi) is 3.17. The van der Waals surface area contributed by atoms with Crippen LogP contribution in [0.3, 0.4) is 0 Å². The van der Waals surface area contributed by atoms with Gasteiger partial charge in [-0.25, -0.2) is 0 Å². The van der Waals surface area contributed by atoms with Crippen LogP contribution >= 0.6 is 0 Å². The lowest BCUT2D eigenvalue weighted by Crippen LogP contribution is -2.12. The SMILES string of the molecule is CNCc1cc(C(C)(C)C)ccc1O. The van der Waals surface area contributed by atoms with Crippen LogP contribution in [0.2, 0.25) is 0 Å². The molecule has 2 heteroatoms. The van der Waals surface area contributed by atoms with Crippen molar-refractivity contribution in [2.24, 2.45) is 0 Å². The van der Waals surface area contributed by atoms with E-state index >= 15 is 0 Å². The maximum absolute atomic E-state index is 9.59. The first-order chi connectivity index (χ1) is 6.45. The maximum Gasteiger partial charge on any atom is 0.120 e. The summed E-state index contributed by atoms with van der Waals surface area (Å²) in [7, 11) is 1.88. The van der Waals surface area contributed by atoms with Gasteiger partial charge in [0.15, 0.2) is 0 Å². The average Bonchev–Trinajstić information content (AvgIpc) is 2.07. The van der Waals surface area contributed by atoms with Crippen LogP contribution in [0, 0.1) is 0 Å². The molecule has 0 heterocycles. The van der Waals surface area contributed by atoms with Gasteiger partial charge >= 0.3 is 0 Å². The summed E-state index contributed by atoms with van der Waals surface area (Å²) in [6, 6.07) is 5.81. The lowest BCUT2D eigenvalue weighted by atomic mass is 9.86. The van der Waals surface area contributed by atoms with Gasteiger partial charge in [-0.3, -0.25) is 0 Å². The van der Waals surface area contributed by atoms with E-state index in [0.717, 1.165) is 5.56 Å². The third-order valence-electron chi connectivity index (χ3n) is 2.31. The van der Waals surface area contributed by atoms with Gasteiger partial charge in [-0.1, -0.05) is 32.9 Å². The number of nitrogens with one attached hydrogen (secondary N) is 1. The summed E-state index contributed by atoms with van der Waals surface area (Å²) in [4.78, 5) is 0. The van der Waals surface area contributed by atoms with E-state index in [-0.39, 0.29) is 5.41 Å². The second-order valence-electron chi connectivity index (χ2n) is 4.62. The first-order valence-corrected chi connectivity index (χ1v) is 4.92. The van der Waals surface area contributed by atoms with E-state index < -0.39 is 0 Å². The number of phenolic OH excluding ortho intramolecular Hbond substituents is 1. The van der Waals surface area contributed by atoms with Crippen LogP contribution in [0.15, 0.2) is 18.2 Å². The summed E-state index contributed by atoms with van der Waals surface area (Å²) >= 11 is 0. The number of phenols is 1. The Morgan fingerprint density at radius 1 is 1.29 bits per heavy atom. The van der Waals surface area contributed by atoms with Crippen LogP contribution in [-0.4, -0.2) is 12.2 Å². The van der Waals surface area contributed by atoms with Crippen molar-refractivity contribution >= 4 is 0 Å². The zero-order chi connectivity index (χ0) is 10.8. The Morgan fingerprint density at radius 3 is 2.43 bits per heavy atom. The van der Waals surface area contributed by atoms with Crippen molar-refractivity contribution in [3.8, 4) is 5.75 Å². The molecule has 1 aromatic rings. The maximum atomic E-state index is 9.59. The smallest absolute Gasteiger partial charge is 0.120 e. The minimum Gasteiger partial charge on any atom is -0.508 e. The molecule has 2 nitrogen and oxygen atoms in total. The summed E-state index contributed by atoms with van der Waals surface area (Å²) in [5.41, 5.74) is 2.34. The van der Waals surface area contributed by atoms with E-state index in [1.807, 2.05) is 13.1 Å². The van der Waals surface area contributed by atoms with Crippen molar-refractivity contribution in [2.75, 3.05) is 7.05 Å². The van der Waals surface area contributed by atoms with Crippen molar-refractivity contribution in [3.63, 3.8) is 0 Å². The molecule has 1 aromatic carbocycles. The molecular weight excluding hydrogens is 174 g/mol. The molecule has 0 aromatic heterocycles.